The Morgan fingerprint density at radius 3 is 1.92 bits per heavy atom. The Labute approximate surface area is 443 Å². The molecule has 16 rings (SSSR count). The standard InChI is InChI=1S/C71H48N4S/c1-41-26-31-53-59-37-44(27-32-51(59)56-21-12-14-42(2)67(56)63(53)36-41)45-29-35-65-62(38-45)54-19-8-10-24-64(54)75(65)47-30-34-50-48-17-6-7-18-49(48)60-39-46(28-33-52(60)61(50)40-47)70-72-69(43-15-4-3-5-16-43)73-71(74-70)58-23-13-22-57-55-20-9-11-25-66(55)76-68(57)58/h3-13,15-35,37-42H,14,36H2,1-2H3. The molecule has 76 heavy (non-hydrogen) atoms. The predicted octanol–water partition coefficient (Wildman–Crippen LogP) is 19.3. The maximum Gasteiger partial charge on any atom is 0.165 e. The first-order valence-corrected chi connectivity index (χ1v) is 27.4. The molecule has 0 radical (unpaired) electrons. The van der Waals surface area contributed by atoms with Crippen LogP contribution in [0.3, 0.4) is 0 Å². The zero-order chi connectivity index (χ0) is 50.2. The smallest absolute Gasteiger partial charge is 0.165 e. The number of hydrogen-bond donors (Lipinski definition) is 0. The van der Waals surface area contributed by atoms with E-state index in [0.717, 1.165) is 40.6 Å². The van der Waals surface area contributed by atoms with Crippen molar-refractivity contribution in [2.24, 2.45) is 5.92 Å². The number of nitrogens with zero attached hydrogens (tertiary/aromatic N) is 4. The lowest BCUT2D eigenvalue weighted by atomic mass is 9.75. The number of thiophene rings is 1. The van der Waals surface area contributed by atoms with Crippen molar-refractivity contribution in [2.45, 2.75) is 32.6 Å². The minimum atomic E-state index is 0.529. The van der Waals surface area contributed by atoms with Crippen molar-refractivity contribution in [2.75, 3.05) is 0 Å². The SMILES string of the molecule is CC1C=Cc2c(c3c(c4ccc(-c5ccc6c(c5)c5ccccc5n6-c5ccc6c7ccccc7c7cc(-c8nc(-c9ccccc9)nc(-c9cccc%10c9sc9ccccc9%10)n8)ccc7c6c5)cc24)C=CCC3C)C1. The summed E-state index contributed by atoms with van der Waals surface area (Å²) in [4.78, 5) is 15.7. The van der Waals surface area contributed by atoms with Gasteiger partial charge in [-0.1, -0.05) is 178 Å². The first kappa shape index (κ1) is 43.4. The summed E-state index contributed by atoms with van der Waals surface area (Å²) >= 11 is 1.79. The second kappa shape index (κ2) is 16.7. The highest BCUT2D eigenvalue weighted by Crippen LogP contribution is 2.46. The van der Waals surface area contributed by atoms with Gasteiger partial charge in [-0.15, -0.1) is 11.3 Å². The Morgan fingerprint density at radius 2 is 1.05 bits per heavy atom. The van der Waals surface area contributed by atoms with E-state index in [2.05, 4.69) is 219 Å². The first-order valence-electron chi connectivity index (χ1n) is 26.6. The van der Waals surface area contributed by atoms with E-state index in [-0.39, 0.29) is 0 Å². The fourth-order valence-electron chi connectivity index (χ4n) is 13.0. The maximum atomic E-state index is 5.33. The molecule has 358 valence electrons. The molecule has 5 heteroatoms. The van der Waals surface area contributed by atoms with E-state index in [1.54, 1.807) is 22.5 Å². The molecule has 0 aliphatic heterocycles. The molecule has 2 unspecified atom stereocenters. The van der Waals surface area contributed by atoms with Crippen LogP contribution in [0.4, 0.5) is 0 Å². The molecule has 0 N–H and O–H groups in total. The zero-order valence-corrected chi connectivity index (χ0v) is 42.9. The van der Waals surface area contributed by atoms with Gasteiger partial charge in [0.2, 0.25) is 0 Å². The summed E-state index contributed by atoms with van der Waals surface area (Å²) in [6, 6.07) is 71.2. The van der Waals surface area contributed by atoms with Gasteiger partial charge in [0, 0.05) is 53.3 Å². The lowest BCUT2D eigenvalue weighted by Gasteiger charge is -2.29. The molecule has 0 saturated carbocycles. The summed E-state index contributed by atoms with van der Waals surface area (Å²) in [6.45, 7) is 4.75. The van der Waals surface area contributed by atoms with E-state index in [1.807, 2.05) is 18.2 Å². The Balaban J connectivity index is 0.852. The molecule has 11 aromatic carbocycles. The topological polar surface area (TPSA) is 43.6 Å². The van der Waals surface area contributed by atoms with Gasteiger partial charge in [-0.2, -0.15) is 0 Å². The van der Waals surface area contributed by atoms with Gasteiger partial charge in [0.1, 0.15) is 0 Å². The monoisotopic (exact) mass is 988 g/mol. The van der Waals surface area contributed by atoms with Crippen LogP contribution in [0.25, 0.3) is 148 Å². The summed E-state index contributed by atoms with van der Waals surface area (Å²) in [5.41, 5.74) is 14.8. The number of para-hydroxylation sites is 1. The van der Waals surface area contributed by atoms with E-state index >= 15 is 0 Å². The van der Waals surface area contributed by atoms with Gasteiger partial charge < -0.3 is 4.57 Å². The highest BCUT2D eigenvalue weighted by molar-refractivity contribution is 7.26. The van der Waals surface area contributed by atoms with Gasteiger partial charge in [-0.25, -0.2) is 15.0 Å². The van der Waals surface area contributed by atoms with Crippen molar-refractivity contribution in [3.05, 3.63) is 229 Å². The summed E-state index contributed by atoms with van der Waals surface area (Å²) < 4.78 is 4.89. The van der Waals surface area contributed by atoms with Crippen LogP contribution < -0.4 is 0 Å². The predicted molar refractivity (Wildman–Crippen MR) is 323 cm³/mol. The molecule has 2 aliphatic rings. The Hall–Kier alpha value is -9.03. The van der Waals surface area contributed by atoms with E-state index in [4.69, 9.17) is 15.0 Å². The van der Waals surface area contributed by atoms with Gasteiger partial charge in [-0.05, 0) is 156 Å². The van der Waals surface area contributed by atoms with Gasteiger partial charge in [0.15, 0.2) is 17.5 Å². The molecule has 0 fully saturated rings. The second-order valence-electron chi connectivity index (χ2n) is 21.1. The second-order valence-corrected chi connectivity index (χ2v) is 22.2. The summed E-state index contributed by atoms with van der Waals surface area (Å²) in [5.74, 6) is 3.03. The van der Waals surface area contributed by atoms with Crippen LogP contribution in [0.2, 0.25) is 0 Å². The van der Waals surface area contributed by atoms with Crippen molar-refractivity contribution >= 4 is 109 Å². The molecule has 14 aromatic rings. The molecular formula is C71H48N4S. The molecule has 0 saturated heterocycles. The lowest BCUT2D eigenvalue weighted by Crippen LogP contribution is -2.13. The number of allylic oxidation sites excluding steroid dienone is 2. The largest absolute Gasteiger partial charge is 0.309 e. The third kappa shape index (κ3) is 6.58. The summed E-state index contributed by atoms with van der Waals surface area (Å²) in [6.07, 6.45) is 11.8. The molecule has 0 amide bonds. The average Bonchev–Trinajstić information content (AvgIpc) is 4.11. The van der Waals surface area contributed by atoms with Crippen LogP contribution in [-0.2, 0) is 6.42 Å². The van der Waals surface area contributed by atoms with E-state index in [9.17, 15) is 0 Å². The Kier molecular flexibility index (Phi) is 9.56. The molecule has 3 aromatic heterocycles. The van der Waals surface area contributed by atoms with E-state index in [1.165, 1.54) is 102 Å². The van der Waals surface area contributed by atoms with Gasteiger partial charge >= 0.3 is 0 Å². The maximum absolute atomic E-state index is 5.33. The molecule has 2 atom stereocenters. The fourth-order valence-corrected chi connectivity index (χ4v) is 14.2. The molecule has 3 heterocycles. The minimum absolute atomic E-state index is 0.529. The molecule has 2 aliphatic carbocycles. The Bertz CT molecular complexity index is 4860. The minimum Gasteiger partial charge on any atom is -0.309 e. The number of benzene rings is 11. The summed E-state index contributed by atoms with van der Waals surface area (Å²) in [7, 11) is 0. The number of hydrogen-bond acceptors (Lipinski definition) is 4. The first-order chi connectivity index (χ1) is 37.5. The Morgan fingerprint density at radius 1 is 0.434 bits per heavy atom. The van der Waals surface area contributed by atoms with Crippen LogP contribution in [0.15, 0.2) is 206 Å². The third-order valence-corrected chi connectivity index (χ3v) is 17.8. The molecule has 4 nitrogen and oxygen atoms in total. The molecule has 0 spiro atoms. The van der Waals surface area contributed by atoms with Crippen molar-refractivity contribution in [1.29, 1.82) is 0 Å². The number of fused-ring (bicyclic) bond motifs is 18. The van der Waals surface area contributed by atoms with Crippen molar-refractivity contribution in [3.8, 4) is 51.0 Å². The average molecular weight is 989 g/mol. The van der Waals surface area contributed by atoms with Crippen LogP contribution in [0.1, 0.15) is 48.4 Å². The van der Waals surface area contributed by atoms with Crippen LogP contribution in [0, 0.1) is 5.92 Å². The normalized spacial score (nSPS) is 15.3. The van der Waals surface area contributed by atoms with E-state index < -0.39 is 0 Å². The van der Waals surface area contributed by atoms with Crippen LogP contribution in [0.5, 0.6) is 0 Å². The van der Waals surface area contributed by atoms with E-state index in [0.29, 0.717) is 29.3 Å². The third-order valence-electron chi connectivity index (χ3n) is 16.6. The number of rotatable bonds is 5. The van der Waals surface area contributed by atoms with Gasteiger partial charge in [-0.3, -0.25) is 0 Å². The van der Waals surface area contributed by atoms with Crippen molar-refractivity contribution in [1.82, 2.24) is 19.5 Å². The molecular weight excluding hydrogens is 941 g/mol. The van der Waals surface area contributed by atoms with Crippen molar-refractivity contribution < 1.29 is 0 Å². The van der Waals surface area contributed by atoms with Crippen molar-refractivity contribution in [3.63, 3.8) is 0 Å². The summed E-state index contributed by atoms with van der Waals surface area (Å²) in [5, 5.41) is 14.8. The highest BCUT2D eigenvalue weighted by Gasteiger charge is 2.26. The quantitative estimate of drug-likeness (QED) is 0.161. The van der Waals surface area contributed by atoms with Gasteiger partial charge in [0.05, 0.1) is 11.0 Å². The fraction of sp³-hybridized carbons (Fsp3) is 0.0845. The van der Waals surface area contributed by atoms with Crippen LogP contribution in [-0.4, -0.2) is 19.5 Å². The lowest BCUT2D eigenvalue weighted by molar-refractivity contribution is 0.687. The zero-order valence-electron chi connectivity index (χ0n) is 42.1. The van der Waals surface area contributed by atoms with Gasteiger partial charge in [0.25, 0.3) is 0 Å². The molecule has 0 bridgehead atoms. The highest BCUT2D eigenvalue weighted by atomic mass is 32.1. The van der Waals surface area contributed by atoms with Crippen LogP contribution >= 0.6 is 11.3 Å². The number of aromatic nitrogens is 4.